The van der Waals surface area contributed by atoms with E-state index in [-0.39, 0.29) is 11.9 Å². The van der Waals surface area contributed by atoms with Crippen molar-refractivity contribution in [2.24, 2.45) is 0 Å². The van der Waals surface area contributed by atoms with E-state index in [9.17, 15) is 5.11 Å². The zero-order valence-electron chi connectivity index (χ0n) is 12.1. The maximum atomic E-state index is 9.35. The molecule has 0 bridgehead atoms. The van der Waals surface area contributed by atoms with E-state index in [4.69, 9.17) is 0 Å². The molecule has 1 aliphatic carbocycles. The molecule has 0 aliphatic heterocycles. The molecule has 3 heteroatoms. The molecule has 2 nitrogen and oxygen atoms in total. The largest absolute Gasteiger partial charge is 0.395 e. The van der Waals surface area contributed by atoms with Crippen molar-refractivity contribution < 1.29 is 5.11 Å². The average Bonchev–Trinajstić information content (AvgIpc) is 2.87. The number of hydrogen-bond acceptors (Lipinski definition) is 3. The van der Waals surface area contributed by atoms with E-state index in [0.717, 1.165) is 0 Å². The fourth-order valence-electron chi connectivity index (χ4n) is 2.90. The van der Waals surface area contributed by atoms with Gasteiger partial charge in [-0.2, -0.15) is 11.8 Å². The topological polar surface area (TPSA) is 32.3 Å². The van der Waals surface area contributed by atoms with Gasteiger partial charge in [0.2, 0.25) is 0 Å². The van der Waals surface area contributed by atoms with Gasteiger partial charge in [0, 0.05) is 17.3 Å². The third-order valence-corrected chi connectivity index (χ3v) is 5.34. The van der Waals surface area contributed by atoms with Gasteiger partial charge in [-0.1, -0.05) is 18.2 Å². The zero-order valence-corrected chi connectivity index (χ0v) is 13.0. The predicted octanol–water partition coefficient (Wildman–Crippen LogP) is 2.94. The van der Waals surface area contributed by atoms with Crippen molar-refractivity contribution in [3.63, 3.8) is 0 Å². The number of fused-ring (bicyclic) bond motifs is 1. The Morgan fingerprint density at radius 1 is 1.26 bits per heavy atom. The molecule has 0 spiro atoms. The van der Waals surface area contributed by atoms with E-state index >= 15 is 0 Å². The summed E-state index contributed by atoms with van der Waals surface area (Å²) in [5, 5.41) is 13.2. The molecule has 0 radical (unpaired) electrons. The Bertz CT molecular complexity index is 417. The van der Waals surface area contributed by atoms with Gasteiger partial charge in [0.05, 0.1) is 6.61 Å². The van der Waals surface area contributed by atoms with Crippen molar-refractivity contribution in [3.05, 3.63) is 34.9 Å². The van der Waals surface area contributed by atoms with Gasteiger partial charge in [-0.25, -0.2) is 0 Å². The van der Waals surface area contributed by atoms with Crippen LogP contribution in [0.1, 0.15) is 43.0 Å². The Hall–Kier alpha value is -0.510. The van der Waals surface area contributed by atoms with Crippen molar-refractivity contribution in [1.29, 1.82) is 0 Å². The summed E-state index contributed by atoms with van der Waals surface area (Å²) in [7, 11) is 0. The minimum atomic E-state index is 0.228. The van der Waals surface area contributed by atoms with Crippen molar-refractivity contribution in [2.75, 3.05) is 12.9 Å². The van der Waals surface area contributed by atoms with Crippen molar-refractivity contribution in [2.45, 2.75) is 50.4 Å². The third kappa shape index (κ3) is 3.53. The summed E-state index contributed by atoms with van der Waals surface area (Å²) in [5.41, 5.74) is 4.43. The molecule has 1 aromatic rings. The Kier molecular flexibility index (Phi) is 5.31. The van der Waals surface area contributed by atoms with Crippen LogP contribution in [0.25, 0.3) is 0 Å². The highest BCUT2D eigenvalue weighted by Gasteiger charge is 2.19. The van der Waals surface area contributed by atoms with Gasteiger partial charge in [0.1, 0.15) is 0 Å². The molecule has 3 atom stereocenters. The van der Waals surface area contributed by atoms with Crippen molar-refractivity contribution >= 4 is 11.8 Å². The van der Waals surface area contributed by atoms with Crippen LogP contribution < -0.4 is 5.32 Å². The van der Waals surface area contributed by atoms with Gasteiger partial charge in [0.25, 0.3) is 0 Å². The van der Waals surface area contributed by atoms with Crippen LogP contribution in [-0.4, -0.2) is 29.3 Å². The first-order chi connectivity index (χ1) is 9.15. The Morgan fingerprint density at radius 2 is 2.00 bits per heavy atom. The number of rotatable bonds is 6. The lowest BCUT2D eigenvalue weighted by Gasteiger charge is -2.26. The minimum Gasteiger partial charge on any atom is -0.395 e. The molecule has 19 heavy (non-hydrogen) atoms. The maximum absolute atomic E-state index is 9.35. The molecule has 0 heterocycles. The van der Waals surface area contributed by atoms with Crippen LogP contribution in [0.15, 0.2) is 18.2 Å². The lowest BCUT2D eigenvalue weighted by Crippen LogP contribution is -2.38. The molecule has 1 aliphatic rings. The molecule has 2 rings (SSSR count). The predicted molar refractivity (Wildman–Crippen MR) is 83.9 cm³/mol. The van der Waals surface area contributed by atoms with Crippen LogP contribution in [0.3, 0.4) is 0 Å². The van der Waals surface area contributed by atoms with Crippen LogP contribution in [0.5, 0.6) is 0 Å². The van der Waals surface area contributed by atoms with Crippen LogP contribution in [0.4, 0.5) is 0 Å². The van der Waals surface area contributed by atoms with Gasteiger partial charge < -0.3 is 10.4 Å². The molecule has 0 amide bonds. The molecule has 3 unspecified atom stereocenters. The summed E-state index contributed by atoms with van der Waals surface area (Å²) in [5.74, 6) is 0. The first kappa shape index (κ1) is 14.9. The number of hydrogen-bond donors (Lipinski definition) is 2. The second-order valence-electron chi connectivity index (χ2n) is 5.52. The van der Waals surface area contributed by atoms with Crippen molar-refractivity contribution in [1.82, 2.24) is 5.32 Å². The molecule has 0 fully saturated rings. The van der Waals surface area contributed by atoms with Gasteiger partial charge in [-0.3, -0.25) is 0 Å². The molecule has 2 N–H and O–H groups in total. The number of aliphatic hydroxyl groups is 1. The molecular weight excluding hydrogens is 254 g/mol. The van der Waals surface area contributed by atoms with E-state index in [1.165, 1.54) is 36.0 Å². The number of nitrogens with one attached hydrogen (secondary N) is 1. The Balaban J connectivity index is 2.01. The van der Waals surface area contributed by atoms with E-state index in [2.05, 4.69) is 43.6 Å². The lowest BCUT2D eigenvalue weighted by atomic mass is 10.0. The summed E-state index contributed by atoms with van der Waals surface area (Å²) in [6.07, 6.45) is 5.83. The first-order valence-corrected chi connectivity index (χ1v) is 8.46. The van der Waals surface area contributed by atoms with Crippen LogP contribution in [0.2, 0.25) is 0 Å². The number of thioether (sulfide) groups is 1. The van der Waals surface area contributed by atoms with E-state index in [1.807, 2.05) is 0 Å². The fraction of sp³-hybridized carbons (Fsp3) is 0.625. The van der Waals surface area contributed by atoms with Gasteiger partial charge >= 0.3 is 0 Å². The molecule has 0 saturated heterocycles. The highest BCUT2D eigenvalue weighted by Crippen LogP contribution is 2.26. The first-order valence-electron chi connectivity index (χ1n) is 7.17. The number of benzene rings is 1. The van der Waals surface area contributed by atoms with Gasteiger partial charge in [0.15, 0.2) is 0 Å². The van der Waals surface area contributed by atoms with Crippen LogP contribution >= 0.6 is 11.8 Å². The van der Waals surface area contributed by atoms with Crippen molar-refractivity contribution in [3.8, 4) is 0 Å². The quantitative estimate of drug-likeness (QED) is 0.840. The average molecular weight is 279 g/mol. The summed E-state index contributed by atoms with van der Waals surface area (Å²) >= 11 is 1.72. The van der Waals surface area contributed by atoms with Crippen LogP contribution in [0, 0.1) is 0 Å². The lowest BCUT2D eigenvalue weighted by molar-refractivity contribution is 0.272. The summed E-state index contributed by atoms with van der Waals surface area (Å²) in [4.78, 5) is 0. The Labute approximate surface area is 121 Å². The highest BCUT2D eigenvalue weighted by molar-refractivity contribution is 7.99. The van der Waals surface area contributed by atoms with E-state index in [0.29, 0.717) is 12.1 Å². The molecule has 106 valence electrons. The fourth-order valence-corrected chi connectivity index (χ4v) is 3.53. The maximum Gasteiger partial charge on any atom is 0.0564 e. The van der Waals surface area contributed by atoms with E-state index < -0.39 is 0 Å². The molecule has 1 aromatic carbocycles. The number of aliphatic hydroxyl groups excluding tert-OH is 1. The monoisotopic (exact) mass is 279 g/mol. The summed E-state index contributed by atoms with van der Waals surface area (Å²) in [6.45, 7) is 4.59. The molecular formula is C16H25NOS. The second kappa shape index (κ2) is 6.78. The highest BCUT2D eigenvalue weighted by atomic mass is 32.2. The van der Waals surface area contributed by atoms with Crippen LogP contribution in [-0.2, 0) is 12.8 Å². The van der Waals surface area contributed by atoms with Gasteiger partial charge in [-0.05, 0) is 56.1 Å². The second-order valence-corrected chi connectivity index (χ2v) is 6.59. The summed E-state index contributed by atoms with van der Waals surface area (Å²) < 4.78 is 0. The smallest absolute Gasteiger partial charge is 0.0564 e. The third-order valence-electron chi connectivity index (χ3n) is 4.18. The summed E-state index contributed by atoms with van der Waals surface area (Å²) in [6, 6.07) is 7.55. The van der Waals surface area contributed by atoms with E-state index in [1.54, 1.807) is 11.8 Å². The Morgan fingerprint density at radius 3 is 2.68 bits per heavy atom. The molecule has 0 aromatic heterocycles. The SMILES string of the molecule is CSC(CO)C(C)NC(C)c1ccc2c(c1)CCC2. The minimum absolute atomic E-state index is 0.228. The number of aryl methyl sites for hydroxylation is 2. The van der Waals surface area contributed by atoms with Gasteiger partial charge in [-0.15, -0.1) is 0 Å². The zero-order chi connectivity index (χ0) is 13.8. The molecule has 0 saturated carbocycles. The standard InChI is InChI=1S/C16H25NOS/c1-11(17-12(2)16(10-18)19-3)14-8-7-13-5-4-6-15(13)9-14/h7-9,11-12,16-18H,4-6,10H2,1-3H3. The normalized spacial score (nSPS) is 18.9.